The van der Waals surface area contributed by atoms with Crippen LogP contribution in [0.2, 0.25) is 0 Å². The van der Waals surface area contributed by atoms with Gasteiger partial charge in [0, 0.05) is 26.7 Å². The Morgan fingerprint density at radius 2 is 1.87 bits per heavy atom. The second kappa shape index (κ2) is 14.5. The summed E-state index contributed by atoms with van der Waals surface area (Å²) in [6.45, 7) is 4.35. The van der Waals surface area contributed by atoms with E-state index in [2.05, 4.69) is 27.0 Å². The standard InChI is InChI=1S/C21H30N4O4.HI/c1-4-28-19-15-16(9-10-17(19)27-3)7-5-11-24-21(22-2)25-13-12-23-20(26)18-8-6-14-29-18;/h6,8-10,14-15H,4-5,7,11-13H2,1-3H3,(H,23,26)(H2,22,24,25);1H. The van der Waals surface area contributed by atoms with Gasteiger partial charge in [-0.1, -0.05) is 6.07 Å². The highest BCUT2D eigenvalue weighted by Gasteiger charge is 2.07. The van der Waals surface area contributed by atoms with Crippen molar-refractivity contribution in [3.8, 4) is 11.5 Å². The highest BCUT2D eigenvalue weighted by Crippen LogP contribution is 2.28. The number of halogens is 1. The molecule has 2 aromatic rings. The topological polar surface area (TPSA) is 97.1 Å². The summed E-state index contributed by atoms with van der Waals surface area (Å²) < 4.78 is 16.0. The van der Waals surface area contributed by atoms with E-state index in [4.69, 9.17) is 13.9 Å². The van der Waals surface area contributed by atoms with Crippen molar-refractivity contribution >= 4 is 35.8 Å². The fourth-order valence-electron chi connectivity index (χ4n) is 2.72. The highest BCUT2D eigenvalue weighted by molar-refractivity contribution is 14.0. The first-order valence-electron chi connectivity index (χ1n) is 9.73. The van der Waals surface area contributed by atoms with Gasteiger partial charge in [0.15, 0.2) is 23.2 Å². The second-order valence-electron chi connectivity index (χ2n) is 6.18. The van der Waals surface area contributed by atoms with Crippen LogP contribution in [-0.2, 0) is 6.42 Å². The van der Waals surface area contributed by atoms with Crippen LogP contribution >= 0.6 is 24.0 Å². The number of aryl methyl sites for hydroxylation is 1. The SMILES string of the molecule is CCOc1cc(CCCNC(=NC)NCCNC(=O)c2ccco2)ccc1OC.I. The molecule has 30 heavy (non-hydrogen) atoms. The van der Waals surface area contributed by atoms with Crippen LogP contribution in [0.15, 0.2) is 46.0 Å². The Morgan fingerprint density at radius 3 is 2.53 bits per heavy atom. The molecule has 0 saturated carbocycles. The predicted molar refractivity (Wildman–Crippen MR) is 128 cm³/mol. The van der Waals surface area contributed by atoms with Crippen molar-refractivity contribution in [3.63, 3.8) is 0 Å². The van der Waals surface area contributed by atoms with Gasteiger partial charge >= 0.3 is 0 Å². The van der Waals surface area contributed by atoms with Crippen molar-refractivity contribution in [3.05, 3.63) is 47.9 Å². The molecule has 8 nitrogen and oxygen atoms in total. The van der Waals surface area contributed by atoms with Gasteiger partial charge in [-0.2, -0.15) is 0 Å². The molecule has 1 heterocycles. The number of rotatable bonds is 11. The second-order valence-corrected chi connectivity index (χ2v) is 6.18. The summed E-state index contributed by atoms with van der Waals surface area (Å²) in [6.07, 6.45) is 3.32. The van der Waals surface area contributed by atoms with E-state index in [-0.39, 0.29) is 29.9 Å². The molecule has 0 aliphatic carbocycles. The molecule has 0 saturated heterocycles. The molecular weight excluding hydrogens is 499 g/mol. The Kier molecular flexibility index (Phi) is 12.4. The van der Waals surface area contributed by atoms with Crippen molar-refractivity contribution in [2.45, 2.75) is 19.8 Å². The quantitative estimate of drug-likeness (QED) is 0.179. The molecule has 1 amide bonds. The maximum Gasteiger partial charge on any atom is 0.287 e. The van der Waals surface area contributed by atoms with Gasteiger partial charge < -0.3 is 29.8 Å². The van der Waals surface area contributed by atoms with Gasteiger partial charge in [0.1, 0.15) is 0 Å². The Hall–Kier alpha value is -2.43. The van der Waals surface area contributed by atoms with E-state index in [1.165, 1.54) is 11.8 Å². The normalized spacial score (nSPS) is 10.7. The van der Waals surface area contributed by atoms with Crippen LogP contribution in [0.3, 0.4) is 0 Å². The Bertz CT molecular complexity index is 781. The molecule has 0 bridgehead atoms. The number of amides is 1. The molecule has 166 valence electrons. The van der Waals surface area contributed by atoms with Crippen LogP contribution in [-0.4, -0.2) is 52.3 Å². The minimum absolute atomic E-state index is 0. The van der Waals surface area contributed by atoms with E-state index in [0.717, 1.165) is 30.9 Å². The molecule has 3 N–H and O–H groups in total. The third-order valence-corrected chi connectivity index (χ3v) is 4.13. The Balaban J connectivity index is 0.00000450. The third-order valence-electron chi connectivity index (χ3n) is 4.13. The number of carbonyl (C=O) groups excluding carboxylic acids is 1. The number of nitrogens with zero attached hydrogens (tertiary/aromatic N) is 1. The van der Waals surface area contributed by atoms with Gasteiger partial charge in [0.05, 0.1) is 20.0 Å². The van der Waals surface area contributed by atoms with Crippen molar-refractivity contribution in [1.82, 2.24) is 16.0 Å². The minimum atomic E-state index is -0.231. The highest BCUT2D eigenvalue weighted by atomic mass is 127. The van der Waals surface area contributed by atoms with Gasteiger partial charge in [-0.05, 0) is 49.6 Å². The molecule has 0 unspecified atom stereocenters. The number of carbonyl (C=O) groups is 1. The van der Waals surface area contributed by atoms with E-state index in [1.807, 2.05) is 19.1 Å². The lowest BCUT2D eigenvalue weighted by Gasteiger charge is -2.13. The third kappa shape index (κ3) is 8.52. The molecule has 0 aliphatic heterocycles. The van der Waals surface area contributed by atoms with E-state index in [0.29, 0.717) is 31.4 Å². The Morgan fingerprint density at radius 1 is 1.10 bits per heavy atom. The first kappa shape index (κ1) is 25.6. The zero-order valence-corrected chi connectivity index (χ0v) is 20.0. The summed E-state index contributed by atoms with van der Waals surface area (Å²) >= 11 is 0. The van der Waals surface area contributed by atoms with E-state index >= 15 is 0 Å². The van der Waals surface area contributed by atoms with Crippen LogP contribution in [0.25, 0.3) is 0 Å². The van der Waals surface area contributed by atoms with Crippen LogP contribution in [0, 0.1) is 0 Å². The zero-order chi connectivity index (χ0) is 20.9. The molecular formula is C21H31IN4O4. The number of benzene rings is 1. The van der Waals surface area contributed by atoms with Gasteiger partial charge in [-0.3, -0.25) is 9.79 Å². The number of ether oxygens (including phenoxy) is 2. The number of methoxy groups -OCH3 is 1. The summed E-state index contributed by atoms with van der Waals surface area (Å²) in [5, 5.41) is 9.21. The summed E-state index contributed by atoms with van der Waals surface area (Å²) in [5.74, 6) is 2.29. The van der Waals surface area contributed by atoms with Gasteiger partial charge in [0.25, 0.3) is 5.91 Å². The van der Waals surface area contributed by atoms with E-state index in [1.54, 1.807) is 26.3 Å². The molecule has 1 aromatic heterocycles. The summed E-state index contributed by atoms with van der Waals surface area (Å²) in [7, 11) is 3.36. The average molecular weight is 530 g/mol. The lowest BCUT2D eigenvalue weighted by Crippen LogP contribution is -2.41. The van der Waals surface area contributed by atoms with E-state index in [9.17, 15) is 4.79 Å². The maximum absolute atomic E-state index is 11.8. The van der Waals surface area contributed by atoms with Crippen molar-refractivity contribution in [1.29, 1.82) is 0 Å². The van der Waals surface area contributed by atoms with Crippen molar-refractivity contribution in [2.75, 3.05) is 40.4 Å². The minimum Gasteiger partial charge on any atom is -0.493 e. The number of furan rings is 1. The van der Waals surface area contributed by atoms with Crippen LogP contribution in [0.1, 0.15) is 29.5 Å². The predicted octanol–water partition coefficient (Wildman–Crippen LogP) is 2.83. The molecule has 1 aromatic carbocycles. The summed E-state index contributed by atoms with van der Waals surface area (Å²) in [6, 6.07) is 9.32. The smallest absolute Gasteiger partial charge is 0.287 e. The lowest BCUT2D eigenvalue weighted by molar-refractivity contribution is 0.0926. The first-order valence-corrected chi connectivity index (χ1v) is 9.73. The van der Waals surface area contributed by atoms with Gasteiger partial charge in [-0.15, -0.1) is 24.0 Å². The summed E-state index contributed by atoms with van der Waals surface area (Å²) in [4.78, 5) is 16.0. The molecule has 0 fully saturated rings. The largest absolute Gasteiger partial charge is 0.493 e. The molecule has 0 aliphatic rings. The van der Waals surface area contributed by atoms with Crippen molar-refractivity contribution in [2.24, 2.45) is 4.99 Å². The van der Waals surface area contributed by atoms with Gasteiger partial charge in [0.2, 0.25) is 0 Å². The molecule has 0 radical (unpaired) electrons. The molecule has 2 rings (SSSR count). The molecule has 9 heteroatoms. The average Bonchev–Trinajstić information content (AvgIpc) is 3.28. The number of guanidine groups is 1. The maximum atomic E-state index is 11.8. The lowest BCUT2D eigenvalue weighted by atomic mass is 10.1. The number of hydrogen-bond acceptors (Lipinski definition) is 5. The van der Waals surface area contributed by atoms with E-state index < -0.39 is 0 Å². The zero-order valence-electron chi connectivity index (χ0n) is 17.7. The fraction of sp³-hybridized carbons (Fsp3) is 0.429. The molecule has 0 atom stereocenters. The van der Waals surface area contributed by atoms with Gasteiger partial charge in [-0.25, -0.2) is 0 Å². The number of aliphatic imine (C=N–C) groups is 1. The Labute approximate surface area is 194 Å². The van der Waals surface area contributed by atoms with Crippen molar-refractivity contribution < 1.29 is 18.7 Å². The fourth-order valence-corrected chi connectivity index (χ4v) is 2.72. The monoisotopic (exact) mass is 530 g/mol. The summed E-state index contributed by atoms with van der Waals surface area (Å²) in [5.41, 5.74) is 1.19. The van der Waals surface area contributed by atoms with Crippen LogP contribution < -0.4 is 25.4 Å². The molecule has 0 spiro atoms. The first-order chi connectivity index (χ1) is 14.2. The number of nitrogens with one attached hydrogen (secondary N) is 3. The number of hydrogen-bond donors (Lipinski definition) is 3. The van der Waals surface area contributed by atoms with Crippen LogP contribution in [0.5, 0.6) is 11.5 Å². The van der Waals surface area contributed by atoms with Crippen LogP contribution in [0.4, 0.5) is 0 Å².